The number of anilines is 3. The number of rotatable bonds is 8. The molecule has 8 nitrogen and oxygen atoms in total. The van der Waals surface area contributed by atoms with E-state index in [2.05, 4.69) is 47.0 Å². The molecule has 0 spiro atoms. The van der Waals surface area contributed by atoms with E-state index >= 15 is 0 Å². The molecule has 5 rings (SSSR count). The Bertz CT molecular complexity index is 1730. The van der Waals surface area contributed by atoms with Crippen molar-refractivity contribution in [3.63, 3.8) is 0 Å². The Morgan fingerprint density at radius 2 is 1.67 bits per heavy atom. The maximum atomic E-state index is 12.9. The molecular formula is C32H35I2N7O. The topological polar surface area (TPSA) is 115 Å². The predicted molar refractivity (Wildman–Crippen MR) is 176 cm³/mol. The van der Waals surface area contributed by atoms with Crippen LogP contribution in [0, 0.1) is 0 Å². The van der Waals surface area contributed by atoms with Gasteiger partial charge in [0.25, 0.3) is 5.91 Å². The van der Waals surface area contributed by atoms with E-state index in [1.54, 1.807) is 12.1 Å². The van der Waals surface area contributed by atoms with Crippen molar-refractivity contribution in [2.75, 3.05) is 16.8 Å². The first-order valence-corrected chi connectivity index (χ1v) is 13.6. The summed E-state index contributed by atoms with van der Waals surface area (Å²) in [4.78, 5) is 22.1. The normalized spacial score (nSPS) is 11.0. The standard InChI is InChI=1S/C32H33N7O.2HI/c1-3-18-38-20-17-28(26-7-5-6-8-29(26)38)35-24-15-11-23(12-16-24)31(40)36-25-13-9-22(10-14-25)27-21-39(19-4-2)32(34)37-30(27)33;;/h5-17,20-21H,3-4,18-19H2,1-2H3,(H4,33,34,36,37,40);2*1H. The molecule has 42 heavy (non-hydrogen) atoms. The van der Waals surface area contributed by atoms with Gasteiger partial charge in [0.15, 0.2) is 0 Å². The highest BCUT2D eigenvalue weighted by atomic mass is 127. The third kappa shape index (κ3) is 7.46. The number of benzene rings is 3. The van der Waals surface area contributed by atoms with Crippen molar-refractivity contribution in [2.45, 2.75) is 39.8 Å². The molecule has 0 unspecified atom stereocenters. The minimum atomic E-state index is -0.195. The van der Waals surface area contributed by atoms with Crippen molar-refractivity contribution in [1.29, 1.82) is 0 Å². The number of nitrogen functional groups attached to an aromatic ring is 2. The molecule has 0 aliphatic rings. The van der Waals surface area contributed by atoms with Gasteiger partial charge in [-0.2, -0.15) is 0 Å². The van der Waals surface area contributed by atoms with E-state index in [-0.39, 0.29) is 53.9 Å². The van der Waals surface area contributed by atoms with Crippen LogP contribution in [0.15, 0.2) is 96.2 Å². The number of amides is 1. The third-order valence-electron chi connectivity index (χ3n) is 6.75. The number of carbonyl (C=O) groups excluding carboxylic acids is 1. The molecule has 218 valence electrons. The largest absolute Gasteiger partial charge is 1.00 e. The number of nitrogens with zero attached hydrogens (tertiary/aromatic N) is 4. The maximum absolute atomic E-state index is 12.9. The fourth-order valence-electron chi connectivity index (χ4n) is 4.75. The Hall–Kier alpha value is -3.52. The molecule has 0 aliphatic heterocycles. The van der Waals surface area contributed by atoms with Gasteiger partial charge in [-0.05, 0) is 66.9 Å². The number of fused-ring (bicyclic) bond motifs is 1. The van der Waals surface area contributed by atoms with Gasteiger partial charge in [0.05, 0.1) is 34.9 Å². The highest BCUT2D eigenvalue weighted by Gasteiger charge is 2.15. The summed E-state index contributed by atoms with van der Waals surface area (Å²) in [5.41, 5.74) is 17.0. The second-order valence-electron chi connectivity index (χ2n) is 9.69. The fraction of sp³-hybridized carbons (Fsp3) is 0.188. The van der Waals surface area contributed by atoms with Gasteiger partial charge in [-0.25, -0.2) is 9.56 Å². The third-order valence-corrected chi connectivity index (χ3v) is 6.75. The molecule has 0 fully saturated rings. The molecule has 2 heterocycles. The van der Waals surface area contributed by atoms with Crippen molar-refractivity contribution in [2.24, 2.45) is 4.99 Å². The van der Waals surface area contributed by atoms with Gasteiger partial charge in [0.2, 0.25) is 5.82 Å². The van der Waals surface area contributed by atoms with Gasteiger partial charge < -0.3 is 39.6 Å². The lowest BCUT2D eigenvalue weighted by molar-refractivity contribution is -0.684. The Kier molecular flexibility index (Phi) is 11.9. The molecule has 5 aromatic rings. The van der Waals surface area contributed by atoms with E-state index in [0.29, 0.717) is 23.0 Å². The Morgan fingerprint density at radius 1 is 0.952 bits per heavy atom. The zero-order chi connectivity index (χ0) is 28.1. The number of hydrogen-bond donors (Lipinski definition) is 3. The zero-order valence-electron chi connectivity index (χ0n) is 23.6. The molecule has 3 aromatic carbocycles. The molecule has 0 atom stereocenters. The van der Waals surface area contributed by atoms with E-state index in [0.717, 1.165) is 59.0 Å². The van der Waals surface area contributed by atoms with Crippen LogP contribution in [0.3, 0.4) is 0 Å². The second kappa shape index (κ2) is 15.1. The number of aryl methyl sites for hydroxylation is 2. The Morgan fingerprint density at radius 3 is 2.36 bits per heavy atom. The molecule has 0 aliphatic carbocycles. The second-order valence-corrected chi connectivity index (χ2v) is 9.69. The summed E-state index contributed by atoms with van der Waals surface area (Å²) in [5, 5.41) is 4.96. The molecular weight excluding hydrogens is 752 g/mol. The van der Waals surface area contributed by atoms with Crippen molar-refractivity contribution in [1.82, 2.24) is 9.55 Å². The quantitative estimate of drug-likeness (QED) is 0.166. The van der Waals surface area contributed by atoms with Gasteiger partial charge >= 0.3 is 5.95 Å². The van der Waals surface area contributed by atoms with E-state index in [1.807, 2.05) is 65.4 Å². The highest BCUT2D eigenvalue weighted by Crippen LogP contribution is 2.25. The summed E-state index contributed by atoms with van der Waals surface area (Å²) >= 11 is 0. The smallest absolute Gasteiger partial charge is 0.391 e. The van der Waals surface area contributed by atoms with Crippen LogP contribution in [0.25, 0.3) is 22.0 Å². The summed E-state index contributed by atoms with van der Waals surface area (Å²) < 4.78 is 4.14. The lowest BCUT2D eigenvalue weighted by Gasteiger charge is -2.10. The van der Waals surface area contributed by atoms with Gasteiger partial charge in [-0.1, -0.05) is 49.2 Å². The van der Waals surface area contributed by atoms with Crippen molar-refractivity contribution in [3.05, 3.63) is 102 Å². The Labute approximate surface area is 279 Å². The van der Waals surface area contributed by atoms with E-state index < -0.39 is 0 Å². The SMILES string of the molecule is CCCn1ccc(=Nc2ccc(C(=O)Nc3ccc(-c4c[n+](CCC)c(N)nc4N)cc3)cc2)c2ccccc21.I.[I-]. The van der Waals surface area contributed by atoms with E-state index in [4.69, 9.17) is 16.5 Å². The summed E-state index contributed by atoms with van der Waals surface area (Å²) in [6.07, 6.45) is 6.00. The average molecular weight is 787 g/mol. The van der Waals surface area contributed by atoms with Crippen LogP contribution >= 0.6 is 24.0 Å². The lowest BCUT2D eigenvalue weighted by Crippen LogP contribution is -3.00. The number of pyridine rings is 1. The van der Waals surface area contributed by atoms with Crippen LogP contribution in [0.2, 0.25) is 0 Å². The summed E-state index contributed by atoms with van der Waals surface area (Å²) in [6, 6.07) is 25.2. The fourth-order valence-corrected chi connectivity index (χ4v) is 4.75. The summed E-state index contributed by atoms with van der Waals surface area (Å²) in [6.45, 7) is 5.96. The minimum Gasteiger partial charge on any atom is -1.00 e. The van der Waals surface area contributed by atoms with Crippen molar-refractivity contribution >= 4 is 63.9 Å². The van der Waals surface area contributed by atoms with Crippen LogP contribution in [0.5, 0.6) is 0 Å². The number of aromatic nitrogens is 3. The van der Waals surface area contributed by atoms with Crippen LogP contribution < -0.4 is 50.7 Å². The van der Waals surface area contributed by atoms with Gasteiger partial charge in [-0.15, -0.1) is 24.0 Å². The number of halogens is 2. The highest BCUT2D eigenvalue weighted by molar-refractivity contribution is 14.0. The average Bonchev–Trinajstić information content (AvgIpc) is 2.97. The first-order valence-electron chi connectivity index (χ1n) is 13.6. The van der Waals surface area contributed by atoms with Gasteiger partial charge in [0.1, 0.15) is 0 Å². The molecule has 1 amide bonds. The first-order chi connectivity index (χ1) is 19.5. The molecule has 0 saturated heterocycles. The molecule has 0 bridgehead atoms. The monoisotopic (exact) mass is 787 g/mol. The predicted octanol–water partition coefficient (Wildman–Crippen LogP) is 3.08. The van der Waals surface area contributed by atoms with Gasteiger partial charge in [-0.3, -0.25) is 10.5 Å². The van der Waals surface area contributed by atoms with Crippen molar-refractivity contribution in [3.8, 4) is 11.1 Å². The van der Waals surface area contributed by atoms with Gasteiger partial charge in [0, 0.05) is 29.4 Å². The van der Waals surface area contributed by atoms with E-state index in [1.165, 1.54) is 0 Å². The Balaban J connectivity index is 0.00000242. The molecule has 5 N–H and O–H groups in total. The maximum Gasteiger partial charge on any atom is 0.391 e. The van der Waals surface area contributed by atoms with Crippen LogP contribution in [-0.4, -0.2) is 15.5 Å². The zero-order valence-corrected chi connectivity index (χ0v) is 28.1. The van der Waals surface area contributed by atoms with Crippen LogP contribution in [0.4, 0.5) is 23.1 Å². The molecule has 10 heteroatoms. The number of para-hydroxylation sites is 1. The van der Waals surface area contributed by atoms with Crippen molar-refractivity contribution < 1.29 is 33.3 Å². The molecule has 0 saturated carbocycles. The number of nitrogens with one attached hydrogen (secondary N) is 1. The number of hydrogen-bond acceptors (Lipinski definition) is 5. The number of nitrogens with two attached hydrogens (primary N) is 2. The first kappa shape index (κ1) is 33.0. The summed E-state index contributed by atoms with van der Waals surface area (Å²) in [5.74, 6) is 0.568. The van der Waals surface area contributed by atoms with Crippen LogP contribution in [0.1, 0.15) is 37.0 Å². The summed E-state index contributed by atoms with van der Waals surface area (Å²) in [7, 11) is 0. The molecule has 0 radical (unpaired) electrons. The number of carbonyl (C=O) groups is 1. The lowest BCUT2D eigenvalue weighted by atomic mass is 10.1. The van der Waals surface area contributed by atoms with E-state index in [9.17, 15) is 4.79 Å². The molecule has 2 aromatic heterocycles. The minimum absolute atomic E-state index is 0. The van der Waals surface area contributed by atoms with Crippen LogP contribution in [-0.2, 0) is 13.1 Å².